The van der Waals surface area contributed by atoms with Gasteiger partial charge in [0.15, 0.2) is 5.78 Å². The van der Waals surface area contributed by atoms with Gasteiger partial charge in [0.05, 0.1) is 50.3 Å². The minimum atomic E-state index is -2.46. The summed E-state index contributed by atoms with van der Waals surface area (Å²) in [6.07, 6.45) is 13.5. The third-order valence-corrected chi connectivity index (χ3v) is 17.1. The highest BCUT2D eigenvalue weighted by molar-refractivity contribution is 6.39. The maximum Gasteiger partial charge on any atom is 0.329 e. The lowest BCUT2D eigenvalue weighted by atomic mass is 9.78. The maximum atomic E-state index is 14.7. The van der Waals surface area contributed by atoms with E-state index in [1.807, 2.05) is 58.1 Å². The first-order valence-electron chi connectivity index (χ1n) is 29.2. The van der Waals surface area contributed by atoms with E-state index in [-0.39, 0.29) is 80.0 Å². The lowest BCUT2D eigenvalue weighted by Gasteiger charge is -2.43. The van der Waals surface area contributed by atoms with Crippen LogP contribution in [-0.4, -0.2) is 184 Å². The number of aliphatic hydroxyl groups is 2. The summed E-state index contributed by atoms with van der Waals surface area (Å²) >= 11 is 0. The van der Waals surface area contributed by atoms with E-state index >= 15 is 0 Å². The number of cyclic esters (lactones) is 1. The smallest absolute Gasteiger partial charge is 0.329 e. The van der Waals surface area contributed by atoms with Crippen LogP contribution in [0.15, 0.2) is 47.6 Å². The number of esters is 1. The monoisotopic (exact) mass is 1100 g/mol. The summed E-state index contributed by atoms with van der Waals surface area (Å²) in [6, 6.07) is -1.15. The van der Waals surface area contributed by atoms with Crippen LogP contribution < -0.4 is 0 Å². The van der Waals surface area contributed by atoms with Crippen molar-refractivity contribution in [2.45, 2.75) is 200 Å². The lowest BCUT2D eigenvalue weighted by Crippen LogP contribution is -2.61. The molecule has 1 saturated carbocycles. The SMILES string of the molecule is COCCOC1C[C@@H]2CC[C@@H](C)[C@@](O)(O2)C(=O)C(=O)N2CCCCC2C(=O)O[C@H]([C@H](C)C[C@@H]2CC[C@@H](OCCCN3CCO[C@H](C)C3)[C@H](OC)C2)CC(=O)[C@H](C)/C=C(\C)[C@@H](O)[C@@H](OC)C(=O)[C@H](C)C[C@H](C)/C=C/C=C/C=C/1C. The minimum Gasteiger partial charge on any atom is -0.460 e. The number of carbonyl (C=O) groups is 5. The van der Waals surface area contributed by atoms with E-state index in [0.29, 0.717) is 57.3 Å². The van der Waals surface area contributed by atoms with Crippen molar-refractivity contribution in [3.8, 4) is 0 Å². The Balaban J connectivity index is 1.41. The summed E-state index contributed by atoms with van der Waals surface area (Å²) in [7, 11) is 4.68. The molecular formula is C61H98N2O15. The number of ketones is 3. The summed E-state index contributed by atoms with van der Waals surface area (Å²) in [4.78, 5) is 75.6. The topological polar surface area (TPSA) is 206 Å². The number of allylic oxidation sites excluding steroid dienone is 6. The largest absolute Gasteiger partial charge is 0.460 e. The van der Waals surface area contributed by atoms with Gasteiger partial charge in [0.25, 0.3) is 11.7 Å². The fourth-order valence-corrected chi connectivity index (χ4v) is 12.1. The molecule has 0 aromatic heterocycles. The molecule has 2 bridgehead atoms. The van der Waals surface area contributed by atoms with E-state index in [2.05, 4.69) is 11.8 Å². The van der Waals surface area contributed by atoms with Gasteiger partial charge in [-0.25, -0.2) is 4.79 Å². The van der Waals surface area contributed by atoms with E-state index in [4.69, 9.17) is 37.9 Å². The highest BCUT2D eigenvalue weighted by Crippen LogP contribution is 2.38. The van der Waals surface area contributed by atoms with E-state index in [1.165, 1.54) is 12.0 Å². The van der Waals surface area contributed by atoms with Crippen molar-refractivity contribution in [2.24, 2.45) is 35.5 Å². The highest BCUT2D eigenvalue weighted by atomic mass is 16.6. The number of piperidine rings is 1. The van der Waals surface area contributed by atoms with Gasteiger partial charge >= 0.3 is 5.97 Å². The molecule has 2 unspecified atom stereocenters. The van der Waals surface area contributed by atoms with E-state index in [0.717, 1.165) is 57.5 Å². The average Bonchev–Trinajstić information content (AvgIpc) is 3.44. The van der Waals surface area contributed by atoms with Gasteiger partial charge in [0.1, 0.15) is 30.1 Å². The molecule has 4 aliphatic heterocycles. The van der Waals surface area contributed by atoms with Crippen LogP contribution in [0.4, 0.5) is 0 Å². The number of hydrogen-bond donors (Lipinski definition) is 2. The zero-order valence-corrected chi connectivity index (χ0v) is 49.1. The summed E-state index contributed by atoms with van der Waals surface area (Å²) in [5.41, 5.74) is 1.26. The number of carbonyl (C=O) groups excluding carboxylic acids is 5. The van der Waals surface area contributed by atoms with Gasteiger partial charge in [-0.1, -0.05) is 71.1 Å². The average molecular weight is 1100 g/mol. The van der Waals surface area contributed by atoms with Crippen molar-refractivity contribution in [3.63, 3.8) is 0 Å². The normalized spacial score (nSPS) is 38.1. The molecule has 0 radical (unpaired) electrons. The predicted octanol–water partition coefficient (Wildman–Crippen LogP) is 7.33. The molecule has 3 saturated heterocycles. The molecule has 4 heterocycles. The zero-order chi connectivity index (χ0) is 57.1. The Morgan fingerprint density at radius 3 is 2.31 bits per heavy atom. The van der Waals surface area contributed by atoms with Crippen LogP contribution in [0.5, 0.6) is 0 Å². The third kappa shape index (κ3) is 18.8. The molecule has 0 spiro atoms. The number of fused-ring (bicyclic) bond motifs is 3. The van der Waals surface area contributed by atoms with Crippen molar-refractivity contribution >= 4 is 29.2 Å². The molecular weight excluding hydrogens is 1000 g/mol. The van der Waals surface area contributed by atoms with Crippen LogP contribution in [0.25, 0.3) is 0 Å². The molecule has 1 aliphatic carbocycles. The number of aliphatic hydroxyl groups excluding tert-OH is 1. The van der Waals surface area contributed by atoms with Gasteiger partial charge < -0.3 is 53.0 Å². The molecule has 78 heavy (non-hydrogen) atoms. The van der Waals surface area contributed by atoms with Crippen LogP contribution in [0.3, 0.4) is 0 Å². The first-order valence-corrected chi connectivity index (χ1v) is 29.2. The molecule has 2 N–H and O–H groups in total. The summed E-state index contributed by atoms with van der Waals surface area (Å²) < 4.78 is 48.0. The van der Waals surface area contributed by atoms with Crippen molar-refractivity contribution in [1.29, 1.82) is 0 Å². The quantitative estimate of drug-likeness (QED) is 0.0756. The second-order valence-electron chi connectivity index (χ2n) is 23.4. The second-order valence-corrected chi connectivity index (χ2v) is 23.4. The van der Waals surface area contributed by atoms with Gasteiger partial charge in [-0.3, -0.25) is 24.1 Å². The van der Waals surface area contributed by atoms with E-state index in [1.54, 1.807) is 41.1 Å². The Labute approximate surface area is 466 Å². The highest BCUT2D eigenvalue weighted by Gasteiger charge is 2.53. The Morgan fingerprint density at radius 2 is 1.59 bits per heavy atom. The Hall–Kier alpha value is -3.49. The second kappa shape index (κ2) is 32.2. The lowest BCUT2D eigenvalue weighted by molar-refractivity contribution is -0.266. The Morgan fingerprint density at radius 1 is 0.821 bits per heavy atom. The van der Waals surface area contributed by atoms with Crippen molar-refractivity contribution in [3.05, 3.63) is 47.6 Å². The van der Waals surface area contributed by atoms with Crippen LogP contribution in [0.2, 0.25) is 0 Å². The molecule has 16 atom stereocenters. The zero-order valence-electron chi connectivity index (χ0n) is 49.1. The summed E-state index contributed by atoms with van der Waals surface area (Å²) in [6.45, 7) is 19.8. The molecule has 4 fully saturated rings. The van der Waals surface area contributed by atoms with Gasteiger partial charge in [0, 0.05) is 84.7 Å². The fraction of sp³-hybridized carbons (Fsp3) is 0.787. The fourth-order valence-electron chi connectivity index (χ4n) is 12.1. The van der Waals surface area contributed by atoms with Crippen LogP contribution in [0.1, 0.15) is 139 Å². The molecule has 5 aliphatic rings. The van der Waals surface area contributed by atoms with Gasteiger partial charge in [-0.15, -0.1) is 0 Å². The number of methoxy groups -OCH3 is 3. The number of nitrogens with zero attached hydrogens (tertiary/aromatic N) is 2. The first kappa shape index (κ1) is 65.3. The number of hydrogen-bond acceptors (Lipinski definition) is 16. The number of amides is 1. The van der Waals surface area contributed by atoms with Crippen LogP contribution in [-0.2, 0) is 61.9 Å². The Kier molecular flexibility index (Phi) is 27.0. The molecule has 5 rings (SSSR count). The molecule has 1 amide bonds. The standard InChI is InChI=1S/C61H98N2O15/c1-39-18-13-12-14-19-40(2)52(76-31-30-71-9)36-48-23-21-45(7)61(70,78-48)58(67)59(68)63-26-16-15-20-49(63)60(69)77-53(37-50(64)41(3)33-44(6)56(66)57(73-11)55(65)43(5)32-39)42(4)34-47-22-24-51(54(35-47)72-10)75-28-17-25-62-27-29-74-46(8)38-62/h12-14,18-19,33,39,41-43,45-49,51-54,56-57,66,70H,15-17,20-32,34-38H2,1-11H3/b14-12+,18-13+,40-19+,44-33+/t39-,41-,42-,43-,45-,46-,47+,48+,49?,51-,52?,53+,54-,56-,57+,61-/m1/s1. The van der Waals surface area contributed by atoms with Crippen LogP contribution in [0, 0.1) is 35.5 Å². The van der Waals surface area contributed by atoms with Crippen molar-refractivity contribution < 1.29 is 72.1 Å². The van der Waals surface area contributed by atoms with Crippen molar-refractivity contribution in [1.82, 2.24) is 9.80 Å². The van der Waals surface area contributed by atoms with Gasteiger partial charge in [-0.2, -0.15) is 0 Å². The van der Waals surface area contributed by atoms with Gasteiger partial charge in [0.2, 0.25) is 5.79 Å². The maximum absolute atomic E-state index is 14.7. The number of rotatable bonds is 14. The minimum absolute atomic E-state index is 0.00343. The molecule has 0 aromatic rings. The molecule has 0 aromatic carbocycles. The molecule has 442 valence electrons. The number of ether oxygens (including phenoxy) is 8. The van der Waals surface area contributed by atoms with Crippen molar-refractivity contribution in [2.75, 3.05) is 73.9 Å². The van der Waals surface area contributed by atoms with E-state index < -0.39 is 77.8 Å². The third-order valence-electron chi connectivity index (χ3n) is 17.1. The number of Topliss-reactive ketones (excluding diaryl/α,β-unsaturated/α-hetero) is 3. The summed E-state index contributed by atoms with van der Waals surface area (Å²) in [5, 5.41) is 23.8. The van der Waals surface area contributed by atoms with Crippen LogP contribution >= 0.6 is 0 Å². The number of morpholine rings is 1. The van der Waals surface area contributed by atoms with Gasteiger partial charge in [-0.05, 0) is 120 Å². The predicted molar refractivity (Wildman–Crippen MR) is 296 cm³/mol. The Bertz CT molecular complexity index is 2060. The summed E-state index contributed by atoms with van der Waals surface area (Å²) in [5.74, 6) is -7.94. The molecule has 17 heteroatoms. The first-order chi connectivity index (χ1) is 37.2. The molecule has 17 nitrogen and oxygen atoms in total. The van der Waals surface area contributed by atoms with E-state index in [9.17, 15) is 34.2 Å².